The number of ether oxygens (including phenoxy) is 1. The van der Waals surface area contributed by atoms with Crippen molar-refractivity contribution in [1.29, 1.82) is 0 Å². The van der Waals surface area contributed by atoms with Crippen LogP contribution in [0.3, 0.4) is 0 Å². The molecule has 1 heterocycles. The van der Waals surface area contributed by atoms with Crippen LogP contribution in [0.5, 0.6) is 5.88 Å². The maximum absolute atomic E-state index is 12.7. The zero-order chi connectivity index (χ0) is 17.4. The van der Waals surface area contributed by atoms with Crippen LogP contribution in [-0.2, 0) is 0 Å². The standard InChI is InChI=1S/C18H26N4O2/c1-4-21(5-2)13-12-19-16-14-17(24-6-3)20-22(18(16)23)15-10-8-7-9-11-15/h7-11,14,19H,4-6,12-13H2,1-3H3. The van der Waals surface area contributed by atoms with Gasteiger partial charge in [-0.05, 0) is 32.1 Å². The van der Waals surface area contributed by atoms with Crippen LogP contribution in [0.25, 0.3) is 5.69 Å². The second kappa shape index (κ2) is 9.08. The Bertz CT molecular complexity index is 681. The summed E-state index contributed by atoms with van der Waals surface area (Å²) in [5.74, 6) is 0.436. The van der Waals surface area contributed by atoms with E-state index in [4.69, 9.17) is 4.74 Å². The summed E-state index contributed by atoms with van der Waals surface area (Å²) in [4.78, 5) is 15.0. The zero-order valence-electron chi connectivity index (χ0n) is 14.7. The van der Waals surface area contributed by atoms with Crippen molar-refractivity contribution in [2.24, 2.45) is 0 Å². The topological polar surface area (TPSA) is 59.4 Å². The average molecular weight is 330 g/mol. The zero-order valence-corrected chi connectivity index (χ0v) is 14.7. The van der Waals surface area contributed by atoms with Gasteiger partial charge in [-0.15, -0.1) is 5.10 Å². The second-order valence-corrected chi connectivity index (χ2v) is 5.34. The number of nitrogens with one attached hydrogen (secondary N) is 1. The molecule has 0 atom stereocenters. The van der Waals surface area contributed by atoms with Gasteiger partial charge in [0.2, 0.25) is 5.88 Å². The Morgan fingerprint density at radius 2 is 1.88 bits per heavy atom. The van der Waals surface area contributed by atoms with Crippen molar-refractivity contribution >= 4 is 5.69 Å². The van der Waals surface area contributed by atoms with Gasteiger partial charge in [0, 0.05) is 19.2 Å². The quantitative estimate of drug-likeness (QED) is 0.765. The lowest BCUT2D eigenvalue weighted by Crippen LogP contribution is -2.31. The molecule has 0 amide bonds. The number of rotatable bonds is 9. The molecule has 2 aromatic rings. The molecule has 0 aliphatic rings. The molecule has 0 fully saturated rings. The number of aromatic nitrogens is 2. The minimum atomic E-state index is -0.177. The van der Waals surface area contributed by atoms with E-state index in [-0.39, 0.29) is 5.56 Å². The Kier molecular flexibility index (Phi) is 6.81. The summed E-state index contributed by atoms with van der Waals surface area (Å²) >= 11 is 0. The van der Waals surface area contributed by atoms with Crippen LogP contribution in [-0.4, -0.2) is 47.5 Å². The van der Waals surface area contributed by atoms with Crippen LogP contribution in [0.2, 0.25) is 0 Å². The first kappa shape index (κ1) is 18.0. The maximum atomic E-state index is 12.7. The van der Waals surface area contributed by atoms with Crippen LogP contribution in [0.1, 0.15) is 20.8 Å². The molecule has 0 aliphatic carbocycles. The summed E-state index contributed by atoms with van der Waals surface area (Å²) < 4.78 is 6.89. The minimum Gasteiger partial charge on any atom is -0.477 e. The van der Waals surface area contributed by atoms with Crippen molar-refractivity contribution in [1.82, 2.24) is 14.7 Å². The number of benzene rings is 1. The van der Waals surface area contributed by atoms with E-state index in [1.807, 2.05) is 37.3 Å². The van der Waals surface area contributed by atoms with Gasteiger partial charge in [0.1, 0.15) is 5.69 Å². The highest BCUT2D eigenvalue weighted by Crippen LogP contribution is 2.13. The third-order valence-corrected chi connectivity index (χ3v) is 3.82. The van der Waals surface area contributed by atoms with E-state index in [2.05, 4.69) is 29.2 Å². The highest BCUT2D eigenvalue weighted by atomic mass is 16.5. The molecule has 1 aromatic carbocycles. The van der Waals surface area contributed by atoms with E-state index >= 15 is 0 Å². The lowest BCUT2D eigenvalue weighted by atomic mass is 10.3. The Balaban J connectivity index is 2.26. The first-order valence-corrected chi connectivity index (χ1v) is 8.48. The fourth-order valence-electron chi connectivity index (χ4n) is 2.45. The summed E-state index contributed by atoms with van der Waals surface area (Å²) in [6.07, 6.45) is 0. The average Bonchev–Trinajstić information content (AvgIpc) is 2.62. The van der Waals surface area contributed by atoms with Gasteiger partial charge in [0.15, 0.2) is 0 Å². The molecule has 1 aromatic heterocycles. The lowest BCUT2D eigenvalue weighted by molar-refractivity contribution is 0.315. The Morgan fingerprint density at radius 3 is 2.50 bits per heavy atom. The van der Waals surface area contributed by atoms with Crippen molar-refractivity contribution in [3.63, 3.8) is 0 Å². The molecule has 6 nitrogen and oxygen atoms in total. The number of nitrogens with zero attached hydrogens (tertiary/aromatic N) is 3. The Morgan fingerprint density at radius 1 is 1.17 bits per heavy atom. The van der Waals surface area contributed by atoms with Crippen LogP contribution < -0.4 is 15.6 Å². The fraction of sp³-hybridized carbons (Fsp3) is 0.444. The molecule has 0 saturated heterocycles. The van der Waals surface area contributed by atoms with Gasteiger partial charge in [-0.25, -0.2) is 0 Å². The third-order valence-electron chi connectivity index (χ3n) is 3.82. The maximum Gasteiger partial charge on any atom is 0.295 e. The van der Waals surface area contributed by atoms with Crippen molar-refractivity contribution < 1.29 is 4.74 Å². The normalized spacial score (nSPS) is 10.8. The smallest absolute Gasteiger partial charge is 0.295 e. The third kappa shape index (κ3) is 4.58. The van der Waals surface area contributed by atoms with Gasteiger partial charge in [-0.1, -0.05) is 32.0 Å². The largest absolute Gasteiger partial charge is 0.477 e. The molecule has 0 radical (unpaired) electrons. The molecule has 24 heavy (non-hydrogen) atoms. The number of hydrogen-bond acceptors (Lipinski definition) is 5. The molecule has 0 unspecified atom stereocenters. The van der Waals surface area contributed by atoms with E-state index in [0.29, 0.717) is 24.7 Å². The van der Waals surface area contributed by atoms with Gasteiger partial charge in [-0.3, -0.25) is 4.79 Å². The van der Waals surface area contributed by atoms with Crippen LogP contribution in [0.15, 0.2) is 41.2 Å². The van der Waals surface area contributed by atoms with Gasteiger partial charge < -0.3 is 15.0 Å². The van der Waals surface area contributed by atoms with Gasteiger partial charge in [0.25, 0.3) is 5.56 Å². The number of hydrogen-bond donors (Lipinski definition) is 1. The number of likely N-dealkylation sites (N-methyl/N-ethyl adjacent to an activating group) is 1. The first-order valence-electron chi connectivity index (χ1n) is 8.48. The Labute approximate surface area is 143 Å². The molecule has 2 rings (SSSR count). The van der Waals surface area contributed by atoms with Gasteiger partial charge in [0.05, 0.1) is 12.3 Å². The second-order valence-electron chi connectivity index (χ2n) is 5.34. The molecule has 0 bridgehead atoms. The predicted molar refractivity (Wildman–Crippen MR) is 97.3 cm³/mol. The minimum absolute atomic E-state index is 0.177. The molecular formula is C18H26N4O2. The summed E-state index contributed by atoms with van der Waals surface area (Å²) in [6, 6.07) is 11.0. The van der Waals surface area contributed by atoms with Crippen molar-refractivity contribution in [2.75, 3.05) is 38.1 Å². The Hall–Kier alpha value is -2.34. The van der Waals surface area contributed by atoms with E-state index in [0.717, 1.165) is 25.3 Å². The van der Waals surface area contributed by atoms with Crippen molar-refractivity contribution in [2.45, 2.75) is 20.8 Å². The molecule has 0 spiro atoms. The van der Waals surface area contributed by atoms with Gasteiger partial charge in [-0.2, -0.15) is 4.68 Å². The molecule has 0 aliphatic heterocycles. The monoisotopic (exact) mass is 330 g/mol. The molecule has 130 valence electrons. The van der Waals surface area contributed by atoms with Crippen LogP contribution in [0.4, 0.5) is 5.69 Å². The van der Waals surface area contributed by atoms with Crippen LogP contribution >= 0.6 is 0 Å². The van der Waals surface area contributed by atoms with Crippen molar-refractivity contribution in [3.05, 3.63) is 46.8 Å². The molecule has 0 saturated carbocycles. The summed E-state index contributed by atoms with van der Waals surface area (Å²) in [6.45, 7) is 10.2. The number of para-hydroxylation sites is 1. The summed E-state index contributed by atoms with van der Waals surface area (Å²) in [5, 5.41) is 7.53. The van der Waals surface area contributed by atoms with E-state index in [9.17, 15) is 4.79 Å². The van der Waals surface area contributed by atoms with E-state index < -0.39 is 0 Å². The van der Waals surface area contributed by atoms with Crippen LogP contribution in [0, 0.1) is 0 Å². The summed E-state index contributed by atoms with van der Waals surface area (Å²) in [7, 11) is 0. The highest BCUT2D eigenvalue weighted by Gasteiger charge is 2.11. The first-order chi connectivity index (χ1) is 11.7. The summed E-state index contributed by atoms with van der Waals surface area (Å²) in [5.41, 5.74) is 1.05. The molecule has 6 heteroatoms. The van der Waals surface area contributed by atoms with E-state index in [1.165, 1.54) is 4.68 Å². The fourth-order valence-corrected chi connectivity index (χ4v) is 2.45. The van der Waals surface area contributed by atoms with E-state index in [1.54, 1.807) is 6.07 Å². The molecular weight excluding hydrogens is 304 g/mol. The predicted octanol–water partition coefficient (Wildman–Crippen LogP) is 2.38. The lowest BCUT2D eigenvalue weighted by Gasteiger charge is -2.18. The highest BCUT2D eigenvalue weighted by molar-refractivity contribution is 5.46. The van der Waals surface area contributed by atoms with Gasteiger partial charge >= 0.3 is 0 Å². The van der Waals surface area contributed by atoms with Crippen molar-refractivity contribution in [3.8, 4) is 11.6 Å². The number of anilines is 1. The molecule has 1 N–H and O–H groups in total. The SMILES string of the molecule is CCOc1cc(NCCN(CC)CC)c(=O)n(-c2ccccc2)n1.